The molecule has 1 fully saturated rings. The molecule has 0 amide bonds. The van der Waals surface area contributed by atoms with Gasteiger partial charge in [0.15, 0.2) is 0 Å². The number of nitrogens with zero attached hydrogens (tertiary/aromatic N) is 2. The van der Waals surface area contributed by atoms with E-state index >= 15 is 0 Å². The number of aromatic amines is 1. The van der Waals surface area contributed by atoms with Crippen LogP contribution in [0, 0.1) is 6.92 Å². The van der Waals surface area contributed by atoms with Crippen molar-refractivity contribution in [2.75, 3.05) is 13.1 Å². The van der Waals surface area contributed by atoms with Crippen molar-refractivity contribution in [2.45, 2.75) is 32.2 Å². The lowest BCUT2D eigenvalue weighted by molar-refractivity contribution is 0.306. The average molecular weight is 385 g/mol. The zero-order valence-electron chi connectivity index (χ0n) is 15.4. The lowest BCUT2D eigenvalue weighted by Gasteiger charge is -2.31. The molecule has 0 bridgehead atoms. The van der Waals surface area contributed by atoms with E-state index in [0.29, 0.717) is 19.6 Å². The summed E-state index contributed by atoms with van der Waals surface area (Å²) in [5, 5.41) is 0. The van der Waals surface area contributed by atoms with Gasteiger partial charge in [-0.2, -0.15) is 17.4 Å². The van der Waals surface area contributed by atoms with Gasteiger partial charge >= 0.3 is 0 Å². The number of benzene rings is 2. The Morgan fingerprint density at radius 1 is 1.19 bits per heavy atom. The highest BCUT2D eigenvalue weighted by Crippen LogP contribution is 2.28. The zero-order valence-corrected chi connectivity index (χ0v) is 16.2. The minimum Gasteiger partial charge on any atom is -0.342 e. The third-order valence-corrected chi connectivity index (χ3v) is 6.67. The summed E-state index contributed by atoms with van der Waals surface area (Å²) in [6.07, 6.45) is 1.76. The fraction of sp³-hybridized carbons (Fsp3) is 0.350. The van der Waals surface area contributed by atoms with E-state index in [0.717, 1.165) is 40.8 Å². The van der Waals surface area contributed by atoms with Gasteiger partial charge in [0.2, 0.25) is 0 Å². The standard InChI is InChI=1S/C20H24N4O2S/c1-15-7-5-11-18-19(15)23-20(22-18)17-10-6-12-24(14-17)27(25,26)21-13-16-8-3-2-4-9-16/h2-5,7-9,11,17,21H,6,10,12-14H2,1H3,(H,22,23)/t17-/m1/s1. The lowest BCUT2D eigenvalue weighted by atomic mass is 9.99. The molecular weight excluding hydrogens is 360 g/mol. The topological polar surface area (TPSA) is 78.1 Å². The summed E-state index contributed by atoms with van der Waals surface area (Å²) in [7, 11) is -3.52. The van der Waals surface area contributed by atoms with Crippen molar-refractivity contribution in [1.82, 2.24) is 19.0 Å². The van der Waals surface area contributed by atoms with Gasteiger partial charge in [-0.05, 0) is 37.0 Å². The van der Waals surface area contributed by atoms with Crippen molar-refractivity contribution < 1.29 is 8.42 Å². The molecule has 7 heteroatoms. The molecule has 2 aromatic carbocycles. The molecule has 0 saturated carbocycles. The number of hydrogen-bond acceptors (Lipinski definition) is 3. The van der Waals surface area contributed by atoms with E-state index in [-0.39, 0.29) is 5.92 Å². The van der Waals surface area contributed by atoms with E-state index in [9.17, 15) is 8.42 Å². The van der Waals surface area contributed by atoms with E-state index in [1.165, 1.54) is 0 Å². The first kappa shape index (κ1) is 18.2. The molecule has 0 radical (unpaired) electrons. The number of H-pyrrole nitrogens is 1. The number of piperidine rings is 1. The summed E-state index contributed by atoms with van der Waals surface area (Å²) in [6, 6.07) is 15.6. The first-order valence-corrected chi connectivity index (χ1v) is 10.7. The number of hydrogen-bond donors (Lipinski definition) is 2. The second-order valence-corrected chi connectivity index (χ2v) is 8.86. The van der Waals surface area contributed by atoms with E-state index in [4.69, 9.17) is 4.98 Å². The predicted octanol–water partition coefficient (Wildman–Crippen LogP) is 3.09. The number of fused-ring (bicyclic) bond motifs is 1. The second-order valence-electron chi connectivity index (χ2n) is 7.10. The highest BCUT2D eigenvalue weighted by atomic mass is 32.2. The van der Waals surface area contributed by atoms with Crippen molar-refractivity contribution in [1.29, 1.82) is 0 Å². The van der Waals surface area contributed by atoms with Gasteiger partial charge in [0, 0.05) is 25.6 Å². The summed E-state index contributed by atoms with van der Waals surface area (Å²) < 4.78 is 29.8. The van der Waals surface area contributed by atoms with E-state index in [1.54, 1.807) is 4.31 Å². The van der Waals surface area contributed by atoms with Crippen LogP contribution in [-0.2, 0) is 16.8 Å². The van der Waals surface area contributed by atoms with Crippen molar-refractivity contribution in [3.05, 3.63) is 65.5 Å². The molecule has 1 aliphatic heterocycles. The quantitative estimate of drug-likeness (QED) is 0.710. The largest absolute Gasteiger partial charge is 0.342 e. The van der Waals surface area contributed by atoms with Crippen LogP contribution in [0.5, 0.6) is 0 Å². The highest BCUT2D eigenvalue weighted by molar-refractivity contribution is 7.87. The average Bonchev–Trinajstić information content (AvgIpc) is 3.13. The maximum absolute atomic E-state index is 12.7. The van der Waals surface area contributed by atoms with Crippen LogP contribution in [0.1, 0.15) is 35.7 Å². The van der Waals surface area contributed by atoms with Crippen LogP contribution >= 0.6 is 0 Å². The number of rotatable bonds is 5. The van der Waals surface area contributed by atoms with Crippen molar-refractivity contribution in [3.63, 3.8) is 0 Å². The van der Waals surface area contributed by atoms with Crippen LogP contribution in [0.2, 0.25) is 0 Å². The molecule has 1 aliphatic rings. The fourth-order valence-electron chi connectivity index (χ4n) is 3.63. The molecular formula is C20H24N4O2S. The third kappa shape index (κ3) is 3.90. The summed E-state index contributed by atoms with van der Waals surface area (Å²) in [5.41, 5.74) is 4.05. The molecule has 1 saturated heterocycles. The summed E-state index contributed by atoms with van der Waals surface area (Å²) >= 11 is 0. The zero-order chi connectivity index (χ0) is 18.9. The minimum absolute atomic E-state index is 0.0823. The number of para-hydroxylation sites is 1. The molecule has 2 heterocycles. The van der Waals surface area contributed by atoms with Crippen molar-refractivity contribution in [2.24, 2.45) is 0 Å². The Kier molecular flexibility index (Phi) is 4.99. The second kappa shape index (κ2) is 7.42. The van der Waals surface area contributed by atoms with Gasteiger partial charge < -0.3 is 4.98 Å². The molecule has 27 heavy (non-hydrogen) atoms. The summed E-state index contributed by atoms with van der Waals surface area (Å²) in [5.74, 6) is 0.959. The molecule has 6 nitrogen and oxygen atoms in total. The SMILES string of the molecule is Cc1cccc2[nH]c([C@@H]3CCCN(S(=O)(=O)NCc4ccccc4)C3)nc12. The Morgan fingerprint density at radius 2 is 2.00 bits per heavy atom. The lowest BCUT2D eigenvalue weighted by Crippen LogP contribution is -2.45. The number of imidazole rings is 1. The Balaban J connectivity index is 1.49. The van der Waals surface area contributed by atoms with Gasteiger partial charge in [0.1, 0.15) is 5.82 Å². The minimum atomic E-state index is -3.52. The van der Waals surface area contributed by atoms with E-state index in [2.05, 4.69) is 9.71 Å². The summed E-state index contributed by atoms with van der Waals surface area (Å²) in [4.78, 5) is 8.13. The smallest absolute Gasteiger partial charge is 0.279 e. The maximum Gasteiger partial charge on any atom is 0.279 e. The first-order valence-electron chi connectivity index (χ1n) is 9.27. The first-order chi connectivity index (χ1) is 13.0. The molecule has 1 atom stereocenters. The fourth-order valence-corrected chi connectivity index (χ4v) is 4.91. The molecule has 4 rings (SSSR count). The highest BCUT2D eigenvalue weighted by Gasteiger charge is 2.31. The van der Waals surface area contributed by atoms with Gasteiger partial charge in [-0.15, -0.1) is 0 Å². The van der Waals surface area contributed by atoms with Crippen LogP contribution in [0.3, 0.4) is 0 Å². The molecule has 2 N–H and O–H groups in total. The monoisotopic (exact) mass is 384 g/mol. The number of nitrogens with one attached hydrogen (secondary N) is 2. The van der Waals surface area contributed by atoms with Gasteiger partial charge in [-0.3, -0.25) is 0 Å². The van der Waals surface area contributed by atoms with Crippen molar-refractivity contribution in [3.8, 4) is 0 Å². The van der Waals surface area contributed by atoms with Gasteiger partial charge in [-0.25, -0.2) is 4.98 Å². The van der Waals surface area contributed by atoms with Gasteiger partial charge in [0.25, 0.3) is 10.2 Å². The molecule has 0 aliphatic carbocycles. The Labute approximate surface area is 159 Å². The normalized spacial score (nSPS) is 18.8. The third-order valence-electron chi connectivity index (χ3n) is 5.15. The molecule has 0 spiro atoms. The number of aryl methyl sites for hydroxylation is 1. The predicted molar refractivity (Wildman–Crippen MR) is 107 cm³/mol. The van der Waals surface area contributed by atoms with Crippen LogP contribution < -0.4 is 4.72 Å². The van der Waals surface area contributed by atoms with Crippen molar-refractivity contribution >= 4 is 21.2 Å². The molecule has 0 unspecified atom stereocenters. The van der Waals surface area contributed by atoms with Gasteiger partial charge in [-0.1, -0.05) is 42.5 Å². The summed E-state index contributed by atoms with van der Waals surface area (Å²) in [6.45, 7) is 3.33. The van der Waals surface area contributed by atoms with Crippen LogP contribution in [0.15, 0.2) is 48.5 Å². The van der Waals surface area contributed by atoms with Crippen LogP contribution in [0.25, 0.3) is 11.0 Å². The molecule has 1 aromatic heterocycles. The Bertz CT molecular complexity index is 1030. The maximum atomic E-state index is 12.7. The van der Waals surface area contributed by atoms with Crippen LogP contribution in [-0.4, -0.2) is 35.8 Å². The van der Waals surface area contributed by atoms with Crippen LogP contribution in [0.4, 0.5) is 0 Å². The van der Waals surface area contributed by atoms with E-state index in [1.807, 2.05) is 55.5 Å². The Morgan fingerprint density at radius 3 is 2.78 bits per heavy atom. The Hall–Kier alpha value is -2.22. The van der Waals surface area contributed by atoms with Gasteiger partial charge in [0.05, 0.1) is 11.0 Å². The molecule has 142 valence electrons. The molecule has 3 aromatic rings. The van der Waals surface area contributed by atoms with E-state index < -0.39 is 10.2 Å². The number of aromatic nitrogens is 2.